The Bertz CT molecular complexity index is 875. The fourth-order valence-electron chi connectivity index (χ4n) is 3.62. The maximum atomic E-state index is 12.8. The molecule has 1 fully saturated rings. The zero-order chi connectivity index (χ0) is 21.1. The number of esters is 1. The second kappa shape index (κ2) is 8.42. The van der Waals surface area contributed by atoms with Crippen molar-refractivity contribution < 1.29 is 28.7 Å². The number of imide groups is 2. The van der Waals surface area contributed by atoms with Crippen LogP contribution >= 0.6 is 0 Å². The number of amides is 5. The second-order valence-corrected chi connectivity index (χ2v) is 7.15. The number of carbonyl (C=O) groups is 5. The molecule has 1 aromatic rings. The molecule has 2 N–H and O–H groups in total. The molecule has 154 valence electrons. The number of benzene rings is 1. The van der Waals surface area contributed by atoms with E-state index in [9.17, 15) is 24.0 Å². The lowest BCUT2D eigenvalue weighted by Gasteiger charge is -2.29. The fraction of sp³-hybridized carbons (Fsp3) is 0.450. The van der Waals surface area contributed by atoms with E-state index in [1.807, 2.05) is 5.32 Å². The van der Waals surface area contributed by atoms with Crippen molar-refractivity contribution in [1.82, 2.24) is 15.5 Å². The fourth-order valence-corrected chi connectivity index (χ4v) is 3.62. The molecule has 0 bridgehead atoms. The van der Waals surface area contributed by atoms with Crippen molar-refractivity contribution in [2.45, 2.75) is 51.2 Å². The number of hydrogen-bond acceptors (Lipinski definition) is 6. The van der Waals surface area contributed by atoms with Crippen LogP contribution in [0.1, 0.15) is 70.1 Å². The largest absolute Gasteiger partial charge is 0.449 e. The van der Waals surface area contributed by atoms with Gasteiger partial charge >= 0.3 is 12.0 Å². The monoisotopic (exact) mass is 401 g/mol. The van der Waals surface area contributed by atoms with E-state index in [1.165, 1.54) is 37.1 Å². The molecule has 1 aromatic carbocycles. The summed E-state index contributed by atoms with van der Waals surface area (Å²) >= 11 is 0. The van der Waals surface area contributed by atoms with Gasteiger partial charge in [-0.05, 0) is 38.0 Å². The van der Waals surface area contributed by atoms with E-state index in [0.29, 0.717) is 0 Å². The molecule has 2 aliphatic rings. The lowest BCUT2D eigenvalue weighted by atomic mass is 9.94. The van der Waals surface area contributed by atoms with E-state index in [0.717, 1.165) is 32.1 Å². The summed E-state index contributed by atoms with van der Waals surface area (Å²) in [5.41, 5.74) is 0.481. The molecule has 1 aliphatic carbocycles. The predicted octanol–water partition coefficient (Wildman–Crippen LogP) is 1.62. The van der Waals surface area contributed by atoms with Crippen molar-refractivity contribution >= 4 is 29.7 Å². The Labute approximate surface area is 167 Å². The summed E-state index contributed by atoms with van der Waals surface area (Å²) < 4.78 is 5.07. The van der Waals surface area contributed by atoms with E-state index >= 15 is 0 Å². The predicted molar refractivity (Wildman–Crippen MR) is 101 cm³/mol. The molecule has 0 saturated heterocycles. The molecule has 29 heavy (non-hydrogen) atoms. The van der Waals surface area contributed by atoms with Crippen LogP contribution in [0.2, 0.25) is 0 Å². The van der Waals surface area contributed by atoms with Gasteiger partial charge in [-0.25, -0.2) is 9.59 Å². The summed E-state index contributed by atoms with van der Waals surface area (Å²) in [5.74, 6) is -2.36. The Kier molecular flexibility index (Phi) is 5.95. The van der Waals surface area contributed by atoms with Crippen molar-refractivity contribution in [3.05, 3.63) is 34.9 Å². The summed E-state index contributed by atoms with van der Waals surface area (Å²) in [7, 11) is 1.35. The molecule has 1 saturated carbocycles. The summed E-state index contributed by atoms with van der Waals surface area (Å²) in [6.45, 7) is 1.32. The maximum absolute atomic E-state index is 12.8. The molecule has 1 atom stereocenters. The van der Waals surface area contributed by atoms with Gasteiger partial charge in [0, 0.05) is 13.1 Å². The second-order valence-electron chi connectivity index (χ2n) is 7.15. The average Bonchev–Trinajstić information content (AvgIpc) is 2.98. The average molecular weight is 401 g/mol. The van der Waals surface area contributed by atoms with E-state index in [1.54, 1.807) is 0 Å². The summed E-state index contributed by atoms with van der Waals surface area (Å²) in [5, 5.41) is 4.23. The minimum atomic E-state index is -1.22. The Morgan fingerprint density at radius 1 is 1.07 bits per heavy atom. The Balaban J connectivity index is 1.73. The number of nitrogens with one attached hydrogen (secondary N) is 2. The topological polar surface area (TPSA) is 122 Å². The summed E-state index contributed by atoms with van der Waals surface area (Å²) in [4.78, 5) is 62.2. The number of urea groups is 1. The first-order chi connectivity index (χ1) is 13.8. The first-order valence-corrected chi connectivity index (χ1v) is 9.59. The highest BCUT2D eigenvalue weighted by Crippen LogP contribution is 2.31. The molecule has 9 heteroatoms. The van der Waals surface area contributed by atoms with Gasteiger partial charge in [-0.3, -0.25) is 24.6 Å². The van der Waals surface area contributed by atoms with Crippen molar-refractivity contribution in [1.29, 1.82) is 0 Å². The van der Waals surface area contributed by atoms with Gasteiger partial charge in [0.15, 0.2) is 6.10 Å². The number of carbonyl (C=O) groups excluding carboxylic acids is 5. The van der Waals surface area contributed by atoms with Crippen molar-refractivity contribution in [3.63, 3.8) is 0 Å². The van der Waals surface area contributed by atoms with Crippen molar-refractivity contribution in [2.24, 2.45) is 0 Å². The van der Waals surface area contributed by atoms with E-state index < -0.39 is 29.9 Å². The minimum absolute atomic E-state index is 0.0509. The van der Waals surface area contributed by atoms with Gasteiger partial charge in [0.25, 0.3) is 17.7 Å². The lowest BCUT2D eigenvalue weighted by molar-refractivity contribution is -0.127. The van der Waals surface area contributed by atoms with Crippen molar-refractivity contribution in [3.8, 4) is 0 Å². The third-order valence-corrected chi connectivity index (χ3v) is 5.21. The Hall–Kier alpha value is -3.23. The van der Waals surface area contributed by atoms with Crippen LogP contribution in [-0.4, -0.2) is 53.8 Å². The molecule has 1 heterocycles. The highest BCUT2D eigenvalue weighted by molar-refractivity contribution is 6.22. The van der Waals surface area contributed by atoms with E-state index in [4.69, 9.17) is 4.74 Å². The van der Waals surface area contributed by atoms with Gasteiger partial charge in [-0.1, -0.05) is 19.3 Å². The van der Waals surface area contributed by atoms with Gasteiger partial charge in [0.05, 0.1) is 16.7 Å². The van der Waals surface area contributed by atoms with Crippen LogP contribution in [0.15, 0.2) is 18.2 Å². The Morgan fingerprint density at radius 3 is 2.38 bits per heavy atom. The molecule has 9 nitrogen and oxygen atoms in total. The van der Waals surface area contributed by atoms with Gasteiger partial charge in [-0.15, -0.1) is 0 Å². The number of hydrogen-bond donors (Lipinski definition) is 2. The Morgan fingerprint density at radius 2 is 1.72 bits per heavy atom. The molecular formula is C20H23N3O6. The summed E-state index contributed by atoms with van der Waals surface area (Å²) in [6.07, 6.45) is 3.42. The summed E-state index contributed by atoms with van der Waals surface area (Å²) in [6, 6.07) is 3.32. The third kappa shape index (κ3) is 4.13. The van der Waals surface area contributed by atoms with Crippen molar-refractivity contribution in [2.75, 3.05) is 7.05 Å². The van der Waals surface area contributed by atoms with Gasteiger partial charge in [0.1, 0.15) is 0 Å². The third-order valence-electron chi connectivity index (χ3n) is 5.21. The zero-order valence-corrected chi connectivity index (χ0v) is 16.3. The number of nitrogens with zero attached hydrogens (tertiary/aromatic N) is 1. The minimum Gasteiger partial charge on any atom is -0.449 e. The molecule has 0 radical (unpaired) electrons. The number of ether oxygens (including phenoxy) is 1. The van der Waals surface area contributed by atoms with Crippen LogP contribution in [0.4, 0.5) is 4.79 Å². The smallest absolute Gasteiger partial charge is 0.338 e. The first-order valence-electron chi connectivity index (χ1n) is 9.59. The van der Waals surface area contributed by atoms with Crippen LogP contribution in [0.25, 0.3) is 0 Å². The zero-order valence-electron chi connectivity index (χ0n) is 16.3. The molecule has 1 unspecified atom stereocenters. The lowest BCUT2D eigenvalue weighted by Crippen LogP contribution is -2.43. The van der Waals surface area contributed by atoms with Crippen LogP contribution in [0.5, 0.6) is 0 Å². The highest BCUT2D eigenvalue weighted by Gasteiger charge is 2.40. The van der Waals surface area contributed by atoms with Gasteiger partial charge < -0.3 is 10.1 Å². The normalized spacial score (nSPS) is 17.5. The first kappa shape index (κ1) is 20.5. The van der Waals surface area contributed by atoms with Crippen LogP contribution in [0, 0.1) is 0 Å². The number of rotatable bonds is 4. The molecule has 0 aromatic heterocycles. The molecule has 0 spiro atoms. The molecule has 1 aliphatic heterocycles. The van der Waals surface area contributed by atoms with Crippen LogP contribution < -0.4 is 10.6 Å². The van der Waals surface area contributed by atoms with E-state index in [-0.39, 0.29) is 28.6 Å². The highest BCUT2D eigenvalue weighted by atomic mass is 16.5. The molecule has 3 rings (SSSR count). The van der Waals surface area contributed by atoms with Crippen LogP contribution in [-0.2, 0) is 9.53 Å². The van der Waals surface area contributed by atoms with Crippen LogP contribution in [0.3, 0.4) is 0 Å². The molecule has 5 amide bonds. The number of fused-ring (bicyclic) bond motifs is 1. The molecular weight excluding hydrogens is 378 g/mol. The standard InChI is InChI=1S/C20H23N3O6/c1-11(16(24)22-20(28)21-2)29-19(27)12-8-9-14-15(10-12)18(26)23(17(14)25)13-6-4-3-5-7-13/h8-11,13H,3-7H2,1-2H3,(H2,21,22,24,28). The van der Waals surface area contributed by atoms with E-state index in [2.05, 4.69) is 5.32 Å². The van der Waals surface area contributed by atoms with Gasteiger partial charge in [0.2, 0.25) is 0 Å². The SMILES string of the molecule is CNC(=O)NC(=O)C(C)OC(=O)c1ccc2c(c1)C(=O)N(C1CCCCC1)C2=O. The van der Waals surface area contributed by atoms with Gasteiger partial charge in [-0.2, -0.15) is 0 Å². The quantitative estimate of drug-likeness (QED) is 0.584. The maximum Gasteiger partial charge on any atom is 0.338 e.